The number of aromatic nitrogens is 1. The third kappa shape index (κ3) is 3.17. The van der Waals surface area contributed by atoms with Gasteiger partial charge in [-0.05, 0) is 30.2 Å². The summed E-state index contributed by atoms with van der Waals surface area (Å²) in [5.74, 6) is -1.73. The summed E-state index contributed by atoms with van der Waals surface area (Å²) in [4.78, 5) is 15.8. The van der Waals surface area contributed by atoms with Crippen LogP contribution in [0.25, 0.3) is 0 Å². The first-order valence-electron chi connectivity index (χ1n) is 6.27. The number of amides is 1. The fraction of sp³-hybridized carbons (Fsp3) is 0.200. The molecule has 0 spiro atoms. The van der Waals surface area contributed by atoms with E-state index in [9.17, 15) is 13.6 Å². The van der Waals surface area contributed by atoms with Gasteiger partial charge >= 0.3 is 0 Å². The van der Waals surface area contributed by atoms with Crippen LogP contribution in [0.5, 0.6) is 0 Å². The largest absolute Gasteiger partial charge is 0.323 e. The Morgan fingerprint density at radius 1 is 1.25 bits per heavy atom. The zero-order chi connectivity index (χ0) is 14.5. The molecule has 0 fully saturated rings. The molecule has 1 aromatic carbocycles. The third-order valence-electron chi connectivity index (χ3n) is 3.03. The molecule has 104 valence electrons. The topological polar surface area (TPSA) is 42.0 Å². The minimum absolute atomic E-state index is 0.0885. The number of rotatable bonds is 4. The Morgan fingerprint density at radius 3 is 2.55 bits per heavy atom. The summed E-state index contributed by atoms with van der Waals surface area (Å²) >= 11 is 0. The summed E-state index contributed by atoms with van der Waals surface area (Å²) < 4.78 is 26.3. The van der Waals surface area contributed by atoms with Gasteiger partial charge in [-0.1, -0.05) is 19.1 Å². The van der Waals surface area contributed by atoms with E-state index in [0.29, 0.717) is 12.0 Å². The molecule has 0 radical (unpaired) electrons. The lowest BCUT2D eigenvalue weighted by Gasteiger charge is -2.15. The number of nitrogens with one attached hydrogen (secondary N) is 1. The predicted molar refractivity (Wildman–Crippen MR) is 72.3 cm³/mol. The first-order valence-corrected chi connectivity index (χ1v) is 6.27. The van der Waals surface area contributed by atoms with Gasteiger partial charge in [-0.25, -0.2) is 8.78 Å². The average Bonchev–Trinajstić information content (AvgIpc) is 2.44. The third-order valence-corrected chi connectivity index (χ3v) is 3.03. The number of halogens is 2. The zero-order valence-corrected chi connectivity index (χ0v) is 10.9. The summed E-state index contributed by atoms with van der Waals surface area (Å²) in [5.41, 5.74) is 0.784. The van der Waals surface area contributed by atoms with Crippen molar-refractivity contribution in [3.05, 3.63) is 59.9 Å². The molecule has 0 aliphatic heterocycles. The number of benzene rings is 1. The minimum atomic E-state index is -0.588. The molecule has 20 heavy (non-hydrogen) atoms. The Kier molecular flexibility index (Phi) is 4.40. The highest BCUT2D eigenvalue weighted by atomic mass is 19.1. The summed E-state index contributed by atoms with van der Waals surface area (Å²) in [5, 5.41) is 2.53. The molecule has 5 heteroatoms. The van der Waals surface area contributed by atoms with Crippen molar-refractivity contribution in [1.82, 2.24) is 4.98 Å². The molecule has 0 saturated heterocycles. The average molecular weight is 276 g/mol. The number of pyridine rings is 1. The van der Waals surface area contributed by atoms with Crippen LogP contribution >= 0.6 is 0 Å². The molecule has 0 aliphatic rings. The lowest BCUT2D eigenvalue weighted by Crippen LogP contribution is -2.21. The molecule has 3 nitrogen and oxygen atoms in total. The van der Waals surface area contributed by atoms with Crippen molar-refractivity contribution >= 4 is 11.6 Å². The van der Waals surface area contributed by atoms with E-state index >= 15 is 0 Å². The van der Waals surface area contributed by atoms with Crippen LogP contribution in [0.1, 0.15) is 24.8 Å². The summed E-state index contributed by atoms with van der Waals surface area (Å²) in [6.45, 7) is 1.84. The molecule has 0 aliphatic carbocycles. The van der Waals surface area contributed by atoms with Gasteiger partial charge in [-0.15, -0.1) is 0 Å². The monoisotopic (exact) mass is 276 g/mol. The summed E-state index contributed by atoms with van der Waals surface area (Å²) in [6, 6.07) is 7.12. The molecule has 1 atom stereocenters. The van der Waals surface area contributed by atoms with E-state index in [1.165, 1.54) is 24.4 Å². The highest BCUT2D eigenvalue weighted by Gasteiger charge is 2.19. The normalized spacial score (nSPS) is 11.9. The Labute approximate surface area is 115 Å². The van der Waals surface area contributed by atoms with E-state index in [0.717, 1.165) is 6.20 Å². The SMILES string of the molecule is CCC(C(=O)Nc1ccncc1F)c1ccc(F)cc1. The van der Waals surface area contributed by atoms with Crippen LogP contribution in [0.2, 0.25) is 0 Å². The quantitative estimate of drug-likeness (QED) is 0.928. The van der Waals surface area contributed by atoms with Gasteiger partial charge in [0.25, 0.3) is 0 Å². The highest BCUT2D eigenvalue weighted by molar-refractivity contribution is 5.95. The van der Waals surface area contributed by atoms with E-state index < -0.39 is 11.7 Å². The number of anilines is 1. The van der Waals surface area contributed by atoms with Gasteiger partial charge in [0.2, 0.25) is 5.91 Å². The first-order chi connectivity index (χ1) is 9.61. The molecular formula is C15H14F2N2O. The molecule has 1 aromatic heterocycles. The van der Waals surface area contributed by atoms with E-state index in [2.05, 4.69) is 10.3 Å². The fourth-order valence-electron chi connectivity index (χ4n) is 1.96. The first kappa shape index (κ1) is 14.1. The van der Waals surface area contributed by atoms with E-state index in [1.54, 1.807) is 12.1 Å². The maximum atomic E-state index is 13.4. The molecule has 1 heterocycles. The van der Waals surface area contributed by atoms with Crippen molar-refractivity contribution in [2.45, 2.75) is 19.3 Å². The Bertz CT molecular complexity index is 599. The van der Waals surface area contributed by atoms with Crippen molar-refractivity contribution in [2.24, 2.45) is 0 Å². The van der Waals surface area contributed by atoms with Crippen LogP contribution in [0.3, 0.4) is 0 Å². The smallest absolute Gasteiger partial charge is 0.231 e. The molecule has 2 rings (SSSR count). The van der Waals surface area contributed by atoms with Gasteiger partial charge in [0.15, 0.2) is 5.82 Å². The van der Waals surface area contributed by atoms with E-state index in [1.807, 2.05) is 6.92 Å². The van der Waals surface area contributed by atoms with Gasteiger partial charge in [-0.3, -0.25) is 9.78 Å². The maximum Gasteiger partial charge on any atom is 0.231 e. The van der Waals surface area contributed by atoms with Crippen LogP contribution in [0, 0.1) is 11.6 Å². The van der Waals surface area contributed by atoms with Crippen LogP contribution < -0.4 is 5.32 Å². The van der Waals surface area contributed by atoms with Crippen LogP contribution in [0.4, 0.5) is 14.5 Å². The molecule has 1 amide bonds. The number of hydrogen-bond donors (Lipinski definition) is 1. The number of carbonyl (C=O) groups excluding carboxylic acids is 1. The molecule has 2 aromatic rings. The van der Waals surface area contributed by atoms with Crippen molar-refractivity contribution in [3.8, 4) is 0 Å². The summed E-state index contributed by atoms with van der Waals surface area (Å²) in [7, 11) is 0. The number of carbonyl (C=O) groups is 1. The van der Waals surface area contributed by atoms with Crippen molar-refractivity contribution < 1.29 is 13.6 Å². The zero-order valence-electron chi connectivity index (χ0n) is 10.9. The maximum absolute atomic E-state index is 13.4. The highest BCUT2D eigenvalue weighted by Crippen LogP contribution is 2.22. The molecule has 1 N–H and O–H groups in total. The fourth-order valence-corrected chi connectivity index (χ4v) is 1.96. The lowest BCUT2D eigenvalue weighted by molar-refractivity contribution is -0.117. The second-order valence-electron chi connectivity index (χ2n) is 4.36. The van der Waals surface area contributed by atoms with E-state index in [4.69, 9.17) is 0 Å². The molecule has 0 bridgehead atoms. The minimum Gasteiger partial charge on any atom is -0.323 e. The Balaban J connectivity index is 2.18. The number of nitrogens with zero attached hydrogens (tertiary/aromatic N) is 1. The standard InChI is InChI=1S/C15H14F2N2O/c1-2-12(10-3-5-11(16)6-4-10)15(20)19-14-7-8-18-9-13(14)17/h3-9,12H,2H2,1H3,(H,18,19,20). The van der Waals surface area contributed by atoms with Gasteiger partial charge in [0.05, 0.1) is 17.8 Å². The second kappa shape index (κ2) is 6.23. The van der Waals surface area contributed by atoms with Crippen molar-refractivity contribution in [2.75, 3.05) is 5.32 Å². The van der Waals surface area contributed by atoms with Crippen LogP contribution in [-0.4, -0.2) is 10.9 Å². The van der Waals surface area contributed by atoms with Crippen LogP contribution in [-0.2, 0) is 4.79 Å². The van der Waals surface area contributed by atoms with Crippen molar-refractivity contribution in [3.63, 3.8) is 0 Å². The van der Waals surface area contributed by atoms with Gasteiger partial charge in [0.1, 0.15) is 5.82 Å². The van der Waals surface area contributed by atoms with Gasteiger partial charge < -0.3 is 5.32 Å². The van der Waals surface area contributed by atoms with Gasteiger partial charge in [0, 0.05) is 6.20 Å². The van der Waals surface area contributed by atoms with Crippen molar-refractivity contribution in [1.29, 1.82) is 0 Å². The lowest BCUT2D eigenvalue weighted by atomic mass is 9.95. The Morgan fingerprint density at radius 2 is 1.95 bits per heavy atom. The predicted octanol–water partition coefficient (Wildman–Crippen LogP) is 3.49. The van der Waals surface area contributed by atoms with Crippen LogP contribution in [0.15, 0.2) is 42.7 Å². The molecule has 0 saturated carbocycles. The van der Waals surface area contributed by atoms with Gasteiger partial charge in [-0.2, -0.15) is 0 Å². The molecular weight excluding hydrogens is 262 g/mol. The second-order valence-corrected chi connectivity index (χ2v) is 4.36. The van der Waals surface area contributed by atoms with E-state index in [-0.39, 0.29) is 17.4 Å². The number of hydrogen-bond acceptors (Lipinski definition) is 2. The summed E-state index contributed by atoms with van der Waals surface area (Å²) in [6.07, 6.45) is 2.97. The molecule has 1 unspecified atom stereocenters. The Hall–Kier alpha value is -2.30.